The predicted octanol–water partition coefficient (Wildman–Crippen LogP) is 2.75. The smallest absolute Gasteiger partial charge is 0.262 e. The van der Waals surface area contributed by atoms with Crippen LogP contribution in [0.15, 0.2) is 47.6 Å². The molecule has 0 saturated carbocycles. The van der Waals surface area contributed by atoms with E-state index in [1.165, 1.54) is 12.3 Å². The molecule has 0 unspecified atom stereocenters. The lowest BCUT2D eigenvalue weighted by atomic mass is 10.2. The van der Waals surface area contributed by atoms with Crippen LogP contribution >= 0.6 is 0 Å². The normalized spacial score (nSPS) is 11.8. The molecule has 2 aromatic rings. The molecule has 0 bridgehead atoms. The van der Waals surface area contributed by atoms with Gasteiger partial charge < -0.3 is 19.9 Å². The highest BCUT2D eigenvalue weighted by atomic mass is 16.5. The zero-order valence-corrected chi connectivity index (χ0v) is 15.0. The van der Waals surface area contributed by atoms with Crippen molar-refractivity contribution in [2.75, 3.05) is 19.0 Å². The number of phenols is 1. The molecule has 0 spiro atoms. The molecule has 7 nitrogen and oxygen atoms in total. The number of ether oxygens (including phenoxy) is 2. The first-order chi connectivity index (χ1) is 12.5. The highest BCUT2D eigenvalue weighted by Crippen LogP contribution is 2.26. The van der Waals surface area contributed by atoms with Gasteiger partial charge in [-0.15, -0.1) is 0 Å². The molecule has 3 N–H and O–H groups in total. The van der Waals surface area contributed by atoms with E-state index in [1.807, 2.05) is 31.2 Å². The molecule has 1 atom stereocenters. The molecule has 26 heavy (non-hydrogen) atoms. The van der Waals surface area contributed by atoms with Gasteiger partial charge in [-0.05, 0) is 61.9 Å². The standard InChI is InChI=1S/C19H23N3O4/c1-4-26-18-10-5-14(11-17(18)23)12-20-22-19(24)13(2)21-15-6-8-16(25-3)9-7-15/h5-13,21,23H,4H2,1-3H3,(H,22,24)/b20-12-/t13-/m0/s1. The fourth-order valence-corrected chi connectivity index (χ4v) is 2.16. The minimum Gasteiger partial charge on any atom is -0.504 e. The number of benzene rings is 2. The number of carbonyl (C=O) groups excluding carboxylic acids is 1. The van der Waals surface area contributed by atoms with Gasteiger partial charge in [0.05, 0.1) is 19.9 Å². The third-order valence-electron chi connectivity index (χ3n) is 3.54. The highest BCUT2D eigenvalue weighted by Gasteiger charge is 2.11. The Balaban J connectivity index is 1.88. The van der Waals surface area contributed by atoms with E-state index in [-0.39, 0.29) is 11.7 Å². The second-order valence-electron chi connectivity index (χ2n) is 5.49. The number of aromatic hydroxyl groups is 1. The second kappa shape index (κ2) is 9.31. The van der Waals surface area contributed by atoms with Crippen LogP contribution in [-0.4, -0.2) is 37.0 Å². The number of nitrogens with one attached hydrogen (secondary N) is 2. The molecule has 0 aliphatic heterocycles. The summed E-state index contributed by atoms with van der Waals surface area (Å²) in [6.07, 6.45) is 1.45. The van der Waals surface area contributed by atoms with E-state index in [1.54, 1.807) is 26.2 Å². The van der Waals surface area contributed by atoms with Gasteiger partial charge >= 0.3 is 0 Å². The summed E-state index contributed by atoms with van der Waals surface area (Å²) in [5, 5.41) is 16.8. The molecule has 7 heteroatoms. The fraction of sp³-hybridized carbons (Fsp3) is 0.263. The number of anilines is 1. The van der Waals surface area contributed by atoms with Crippen LogP contribution in [0.3, 0.4) is 0 Å². The van der Waals surface area contributed by atoms with E-state index in [0.29, 0.717) is 17.9 Å². The lowest BCUT2D eigenvalue weighted by Crippen LogP contribution is -2.34. The molecule has 0 aliphatic rings. The lowest BCUT2D eigenvalue weighted by Gasteiger charge is -2.13. The summed E-state index contributed by atoms with van der Waals surface area (Å²) >= 11 is 0. The second-order valence-corrected chi connectivity index (χ2v) is 5.49. The Labute approximate surface area is 152 Å². The van der Waals surface area contributed by atoms with Crippen LogP contribution in [-0.2, 0) is 4.79 Å². The third-order valence-corrected chi connectivity index (χ3v) is 3.54. The van der Waals surface area contributed by atoms with Crippen LogP contribution < -0.4 is 20.2 Å². The van der Waals surface area contributed by atoms with Crippen molar-refractivity contribution < 1.29 is 19.4 Å². The molecule has 1 amide bonds. The lowest BCUT2D eigenvalue weighted by molar-refractivity contribution is -0.121. The number of carbonyl (C=O) groups is 1. The molecule has 138 valence electrons. The number of methoxy groups -OCH3 is 1. The van der Waals surface area contributed by atoms with Crippen molar-refractivity contribution in [1.82, 2.24) is 5.43 Å². The minimum absolute atomic E-state index is 0.0247. The summed E-state index contributed by atoms with van der Waals surface area (Å²) in [5.74, 6) is 0.894. The number of hydrazone groups is 1. The monoisotopic (exact) mass is 357 g/mol. The molecule has 0 aromatic heterocycles. The average molecular weight is 357 g/mol. The van der Waals surface area contributed by atoms with Gasteiger partial charge in [0.25, 0.3) is 5.91 Å². The van der Waals surface area contributed by atoms with Crippen LogP contribution in [0.2, 0.25) is 0 Å². The topological polar surface area (TPSA) is 92.2 Å². The summed E-state index contributed by atoms with van der Waals surface area (Å²) in [6.45, 7) is 4.04. The van der Waals surface area contributed by atoms with E-state index in [2.05, 4.69) is 15.8 Å². The van der Waals surface area contributed by atoms with Crippen LogP contribution in [0.5, 0.6) is 17.2 Å². The Hall–Kier alpha value is -3.22. The van der Waals surface area contributed by atoms with Gasteiger partial charge in [0.2, 0.25) is 0 Å². The zero-order valence-electron chi connectivity index (χ0n) is 15.0. The molecule has 0 aliphatic carbocycles. The van der Waals surface area contributed by atoms with Crippen molar-refractivity contribution in [2.24, 2.45) is 5.10 Å². The summed E-state index contributed by atoms with van der Waals surface area (Å²) in [6, 6.07) is 11.7. The maximum atomic E-state index is 12.1. The number of hydrogen-bond acceptors (Lipinski definition) is 6. The third kappa shape index (κ3) is 5.41. The van der Waals surface area contributed by atoms with Crippen molar-refractivity contribution in [3.05, 3.63) is 48.0 Å². The number of amides is 1. The summed E-state index contributed by atoms with van der Waals surface area (Å²) in [7, 11) is 1.60. The maximum absolute atomic E-state index is 12.1. The van der Waals surface area contributed by atoms with Gasteiger partial charge in [-0.2, -0.15) is 5.10 Å². The van der Waals surface area contributed by atoms with E-state index in [9.17, 15) is 9.90 Å². The van der Waals surface area contributed by atoms with Gasteiger partial charge in [0.15, 0.2) is 11.5 Å². The number of phenolic OH excluding ortho intramolecular Hbond substituents is 1. The Morgan fingerprint density at radius 2 is 2.00 bits per heavy atom. The Bertz CT molecular complexity index is 760. The predicted molar refractivity (Wildman–Crippen MR) is 101 cm³/mol. The highest BCUT2D eigenvalue weighted by molar-refractivity contribution is 5.86. The van der Waals surface area contributed by atoms with Gasteiger partial charge in [-0.1, -0.05) is 0 Å². The molecule has 0 saturated heterocycles. The van der Waals surface area contributed by atoms with Crippen molar-refractivity contribution >= 4 is 17.8 Å². The fourth-order valence-electron chi connectivity index (χ4n) is 2.16. The zero-order chi connectivity index (χ0) is 18.9. The maximum Gasteiger partial charge on any atom is 0.262 e. The van der Waals surface area contributed by atoms with E-state index < -0.39 is 6.04 Å². The molecule has 0 radical (unpaired) electrons. The number of nitrogens with zero attached hydrogens (tertiary/aromatic N) is 1. The summed E-state index contributed by atoms with van der Waals surface area (Å²) in [5.41, 5.74) is 3.90. The Morgan fingerprint density at radius 3 is 2.62 bits per heavy atom. The van der Waals surface area contributed by atoms with Crippen molar-refractivity contribution in [1.29, 1.82) is 0 Å². The van der Waals surface area contributed by atoms with Crippen LogP contribution in [0, 0.1) is 0 Å². The molecule has 2 rings (SSSR count). The summed E-state index contributed by atoms with van der Waals surface area (Å²) in [4.78, 5) is 12.1. The van der Waals surface area contributed by atoms with Crippen LogP contribution in [0.1, 0.15) is 19.4 Å². The molecular formula is C19H23N3O4. The molecule has 0 heterocycles. The first-order valence-corrected chi connectivity index (χ1v) is 8.22. The van der Waals surface area contributed by atoms with Crippen LogP contribution in [0.4, 0.5) is 5.69 Å². The van der Waals surface area contributed by atoms with Gasteiger partial charge in [-0.3, -0.25) is 4.79 Å². The van der Waals surface area contributed by atoms with Crippen molar-refractivity contribution in [2.45, 2.75) is 19.9 Å². The van der Waals surface area contributed by atoms with Crippen molar-refractivity contribution in [3.8, 4) is 17.2 Å². The largest absolute Gasteiger partial charge is 0.504 e. The van der Waals surface area contributed by atoms with E-state index in [0.717, 1.165) is 11.4 Å². The van der Waals surface area contributed by atoms with Gasteiger partial charge in [-0.25, -0.2) is 5.43 Å². The Kier molecular flexibility index (Phi) is 6.84. The quantitative estimate of drug-likeness (QED) is 0.499. The minimum atomic E-state index is -0.478. The SMILES string of the molecule is CCOc1ccc(/C=N\NC(=O)[C@H](C)Nc2ccc(OC)cc2)cc1O. The number of hydrogen-bond donors (Lipinski definition) is 3. The summed E-state index contributed by atoms with van der Waals surface area (Å²) < 4.78 is 10.4. The average Bonchev–Trinajstić information content (AvgIpc) is 2.64. The first-order valence-electron chi connectivity index (χ1n) is 8.22. The number of rotatable bonds is 8. The van der Waals surface area contributed by atoms with Gasteiger partial charge in [0, 0.05) is 5.69 Å². The van der Waals surface area contributed by atoms with Gasteiger partial charge in [0.1, 0.15) is 11.8 Å². The molecule has 2 aromatic carbocycles. The van der Waals surface area contributed by atoms with E-state index >= 15 is 0 Å². The molecule has 0 fully saturated rings. The first kappa shape index (κ1) is 19.1. The van der Waals surface area contributed by atoms with Crippen molar-refractivity contribution in [3.63, 3.8) is 0 Å². The van der Waals surface area contributed by atoms with E-state index in [4.69, 9.17) is 9.47 Å². The molecular weight excluding hydrogens is 334 g/mol. The Morgan fingerprint density at radius 1 is 1.27 bits per heavy atom. The van der Waals surface area contributed by atoms with Crippen LogP contribution in [0.25, 0.3) is 0 Å².